The number of ether oxygens (including phenoxy) is 1. The lowest BCUT2D eigenvalue weighted by Crippen LogP contribution is -2.40. The van der Waals surface area contributed by atoms with E-state index in [0.717, 1.165) is 48.7 Å². The Labute approximate surface area is 145 Å². The van der Waals surface area contributed by atoms with Crippen molar-refractivity contribution in [2.45, 2.75) is 32.5 Å². The van der Waals surface area contributed by atoms with Crippen molar-refractivity contribution < 1.29 is 4.74 Å². The number of aromatic nitrogens is 3. The highest BCUT2D eigenvalue weighted by Crippen LogP contribution is 2.31. The predicted molar refractivity (Wildman–Crippen MR) is 96.4 cm³/mol. The Morgan fingerprint density at radius 2 is 2.29 bits per heavy atom. The summed E-state index contributed by atoms with van der Waals surface area (Å²) in [6.07, 6.45) is 6.09. The first-order valence-corrected chi connectivity index (χ1v) is 9.15. The highest BCUT2D eigenvalue weighted by Gasteiger charge is 2.23. The molecule has 0 aliphatic carbocycles. The van der Waals surface area contributed by atoms with Crippen LogP contribution in [0.25, 0.3) is 10.2 Å². The summed E-state index contributed by atoms with van der Waals surface area (Å²) in [5, 5.41) is 2.09. The zero-order valence-electron chi connectivity index (χ0n) is 13.7. The molecule has 0 radical (unpaired) electrons. The summed E-state index contributed by atoms with van der Waals surface area (Å²) in [6, 6.07) is 6.07. The number of hydrogen-bond acceptors (Lipinski definition) is 6. The molecule has 0 bridgehead atoms. The van der Waals surface area contributed by atoms with Crippen molar-refractivity contribution in [3.8, 4) is 0 Å². The van der Waals surface area contributed by atoms with E-state index in [0.29, 0.717) is 6.61 Å². The van der Waals surface area contributed by atoms with Crippen molar-refractivity contribution in [1.82, 2.24) is 15.0 Å². The Hall–Kier alpha value is -2.05. The van der Waals surface area contributed by atoms with Gasteiger partial charge in [-0.2, -0.15) is 0 Å². The number of rotatable bonds is 4. The highest BCUT2D eigenvalue weighted by molar-refractivity contribution is 7.17. The molecule has 0 spiro atoms. The summed E-state index contributed by atoms with van der Waals surface area (Å²) in [7, 11) is 0. The average molecular weight is 340 g/mol. The van der Waals surface area contributed by atoms with Gasteiger partial charge in [-0.15, -0.1) is 11.3 Å². The molecule has 3 aromatic rings. The third kappa shape index (κ3) is 3.25. The van der Waals surface area contributed by atoms with Crippen molar-refractivity contribution in [3.63, 3.8) is 0 Å². The van der Waals surface area contributed by atoms with Gasteiger partial charge in [0.15, 0.2) is 0 Å². The molecule has 1 fully saturated rings. The fourth-order valence-electron chi connectivity index (χ4n) is 3.14. The first kappa shape index (κ1) is 15.5. The van der Waals surface area contributed by atoms with E-state index in [4.69, 9.17) is 9.72 Å². The van der Waals surface area contributed by atoms with Crippen LogP contribution in [-0.2, 0) is 11.3 Å². The van der Waals surface area contributed by atoms with Crippen LogP contribution in [0, 0.1) is 6.92 Å². The number of nitrogens with zero attached hydrogens (tertiary/aromatic N) is 4. The van der Waals surface area contributed by atoms with Gasteiger partial charge >= 0.3 is 0 Å². The molecule has 0 unspecified atom stereocenters. The van der Waals surface area contributed by atoms with Crippen LogP contribution >= 0.6 is 11.3 Å². The molecule has 124 valence electrons. The molecule has 5 nitrogen and oxygen atoms in total. The zero-order valence-corrected chi connectivity index (χ0v) is 14.5. The number of thiophene rings is 1. The summed E-state index contributed by atoms with van der Waals surface area (Å²) in [5.74, 6) is 1.89. The number of hydrogen-bond donors (Lipinski definition) is 0. The first-order valence-electron chi connectivity index (χ1n) is 8.27. The molecular formula is C18H20N4OS. The van der Waals surface area contributed by atoms with Crippen LogP contribution in [-0.4, -0.2) is 34.1 Å². The molecule has 6 heteroatoms. The second kappa shape index (κ2) is 6.83. The third-order valence-corrected chi connectivity index (χ3v) is 5.18. The molecule has 1 aliphatic heterocycles. The van der Waals surface area contributed by atoms with E-state index in [-0.39, 0.29) is 6.10 Å². The van der Waals surface area contributed by atoms with Crippen LogP contribution in [0.1, 0.15) is 24.2 Å². The molecular weight excluding hydrogens is 320 g/mol. The van der Waals surface area contributed by atoms with E-state index in [1.165, 1.54) is 4.70 Å². The van der Waals surface area contributed by atoms with Crippen molar-refractivity contribution in [3.05, 3.63) is 47.4 Å². The minimum absolute atomic E-state index is 0.226. The van der Waals surface area contributed by atoms with Crippen molar-refractivity contribution >= 4 is 27.4 Å². The van der Waals surface area contributed by atoms with Gasteiger partial charge in [0, 0.05) is 25.5 Å². The SMILES string of the molecule is Cc1nc(N2CCC[C@H](OCc3cccnc3)C2)c2sccc2n1. The summed E-state index contributed by atoms with van der Waals surface area (Å²) in [4.78, 5) is 15.7. The van der Waals surface area contributed by atoms with Crippen LogP contribution < -0.4 is 4.90 Å². The zero-order chi connectivity index (χ0) is 16.4. The molecule has 4 heterocycles. The van der Waals surface area contributed by atoms with E-state index in [2.05, 4.69) is 32.4 Å². The largest absolute Gasteiger partial charge is 0.372 e. The van der Waals surface area contributed by atoms with E-state index in [1.54, 1.807) is 17.5 Å². The van der Waals surface area contributed by atoms with Gasteiger partial charge in [-0.1, -0.05) is 6.07 Å². The lowest BCUT2D eigenvalue weighted by atomic mass is 10.1. The second-order valence-electron chi connectivity index (χ2n) is 6.11. The number of aryl methyl sites for hydroxylation is 1. The Morgan fingerprint density at radius 1 is 1.33 bits per heavy atom. The van der Waals surface area contributed by atoms with E-state index in [1.807, 2.05) is 19.2 Å². The summed E-state index contributed by atoms with van der Waals surface area (Å²) in [6.45, 7) is 4.48. The van der Waals surface area contributed by atoms with Gasteiger partial charge in [-0.25, -0.2) is 9.97 Å². The van der Waals surface area contributed by atoms with Crippen molar-refractivity contribution in [2.24, 2.45) is 0 Å². The number of pyridine rings is 1. The maximum Gasteiger partial charge on any atom is 0.150 e. The molecule has 0 saturated carbocycles. The summed E-state index contributed by atoms with van der Waals surface area (Å²) < 4.78 is 7.30. The van der Waals surface area contributed by atoms with Gasteiger partial charge in [-0.05, 0) is 42.8 Å². The lowest BCUT2D eigenvalue weighted by molar-refractivity contribution is 0.0313. The smallest absolute Gasteiger partial charge is 0.150 e. The molecule has 1 saturated heterocycles. The highest BCUT2D eigenvalue weighted by atomic mass is 32.1. The summed E-state index contributed by atoms with van der Waals surface area (Å²) >= 11 is 1.71. The lowest BCUT2D eigenvalue weighted by Gasteiger charge is -2.33. The van der Waals surface area contributed by atoms with Crippen molar-refractivity contribution in [2.75, 3.05) is 18.0 Å². The van der Waals surface area contributed by atoms with Crippen LogP contribution in [0.4, 0.5) is 5.82 Å². The van der Waals surface area contributed by atoms with Crippen molar-refractivity contribution in [1.29, 1.82) is 0 Å². The number of anilines is 1. The minimum atomic E-state index is 0.226. The van der Waals surface area contributed by atoms with Gasteiger partial charge < -0.3 is 9.64 Å². The van der Waals surface area contributed by atoms with Gasteiger partial charge in [0.2, 0.25) is 0 Å². The first-order chi connectivity index (χ1) is 11.8. The standard InChI is InChI=1S/C18H20N4OS/c1-13-20-16-6-9-24-17(16)18(21-13)22-8-3-5-15(11-22)23-12-14-4-2-7-19-10-14/h2,4,6-7,9-10,15H,3,5,8,11-12H2,1H3/t15-/m0/s1. The number of fused-ring (bicyclic) bond motifs is 1. The van der Waals surface area contributed by atoms with Gasteiger partial charge in [0.1, 0.15) is 11.6 Å². The monoisotopic (exact) mass is 340 g/mol. The van der Waals surface area contributed by atoms with Gasteiger partial charge in [0.25, 0.3) is 0 Å². The Kier molecular flexibility index (Phi) is 4.40. The third-order valence-electron chi connectivity index (χ3n) is 4.28. The normalized spacial score (nSPS) is 18.2. The quantitative estimate of drug-likeness (QED) is 0.726. The molecule has 1 atom stereocenters. The Balaban J connectivity index is 1.49. The summed E-state index contributed by atoms with van der Waals surface area (Å²) in [5.41, 5.74) is 2.16. The molecule has 4 rings (SSSR count). The minimum Gasteiger partial charge on any atom is -0.372 e. The van der Waals surface area contributed by atoms with Crippen LogP contribution in [0.3, 0.4) is 0 Å². The fourth-order valence-corrected chi connectivity index (χ4v) is 3.99. The Bertz CT molecular complexity index is 820. The molecule has 0 N–H and O–H groups in total. The molecule has 3 aromatic heterocycles. The molecule has 1 aliphatic rings. The molecule has 0 aromatic carbocycles. The van der Waals surface area contributed by atoms with Gasteiger partial charge in [0.05, 0.1) is 22.9 Å². The average Bonchev–Trinajstić information content (AvgIpc) is 3.08. The van der Waals surface area contributed by atoms with Crippen LogP contribution in [0.15, 0.2) is 36.0 Å². The fraction of sp³-hybridized carbons (Fsp3) is 0.389. The number of piperidine rings is 1. The second-order valence-corrected chi connectivity index (χ2v) is 7.03. The van der Waals surface area contributed by atoms with Gasteiger partial charge in [-0.3, -0.25) is 4.98 Å². The maximum absolute atomic E-state index is 6.12. The topological polar surface area (TPSA) is 51.1 Å². The molecule has 24 heavy (non-hydrogen) atoms. The van der Waals surface area contributed by atoms with E-state index in [9.17, 15) is 0 Å². The maximum atomic E-state index is 6.12. The Morgan fingerprint density at radius 3 is 3.17 bits per heavy atom. The van der Waals surface area contributed by atoms with E-state index >= 15 is 0 Å². The van der Waals surface area contributed by atoms with Crippen LogP contribution in [0.2, 0.25) is 0 Å². The molecule has 0 amide bonds. The predicted octanol–water partition coefficient (Wildman–Crippen LogP) is 3.58. The van der Waals surface area contributed by atoms with Crippen LogP contribution in [0.5, 0.6) is 0 Å². The van der Waals surface area contributed by atoms with E-state index < -0.39 is 0 Å².